The van der Waals surface area contributed by atoms with Gasteiger partial charge in [0.05, 0.1) is 5.57 Å². The molecule has 9 heteroatoms. The van der Waals surface area contributed by atoms with Gasteiger partial charge in [-0.05, 0) is 13.0 Å². The summed E-state index contributed by atoms with van der Waals surface area (Å²) in [5, 5.41) is 8.45. The van der Waals surface area contributed by atoms with E-state index in [1.165, 1.54) is 6.07 Å². The molecule has 0 aliphatic carbocycles. The molecule has 6 N–H and O–H groups in total. The third-order valence-corrected chi connectivity index (χ3v) is 2.47. The first-order chi connectivity index (χ1) is 8.23. The van der Waals surface area contributed by atoms with Gasteiger partial charge in [-0.25, -0.2) is 4.99 Å². The number of aromatic amines is 1. The van der Waals surface area contributed by atoms with Crippen molar-refractivity contribution in [2.45, 2.75) is 18.8 Å². The van der Waals surface area contributed by atoms with Gasteiger partial charge in [0, 0.05) is 11.9 Å². The first-order valence-electron chi connectivity index (χ1n) is 4.94. The molecule has 1 aliphatic rings. The Hall–Kier alpha value is -2.03. The summed E-state index contributed by atoms with van der Waals surface area (Å²) >= 11 is 0. The fourth-order valence-corrected chi connectivity index (χ4v) is 1.65. The van der Waals surface area contributed by atoms with Gasteiger partial charge in [-0.1, -0.05) is 0 Å². The number of rotatable bonds is 1. The number of hydrogen-bond donors (Lipinski definition) is 4. The Balaban J connectivity index is 2.55. The molecule has 6 nitrogen and oxygen atoms in total. The summed E-state index contributed by atoms with van der Waals surface area (Å²) in [6.07, 6.45) is -3.94. The summed E-state index contributed by atoms with van der Waals surface area (Å²) in [4.78, 5) is 3.64. The number of nitrogens with zero attached hydrogens (tertiary/aromatic N) is 2. The third kappa shape index (κ3) is 1.92. The lowest BCUT2D eigenvalue weighted by atomic mass is 9.96. The van der Waals surface area contributed by atoms with Gasteiger partial charge in [-0.3, -0.25) is 10.8 Å². The van der Waals surface area contributed by atoms with Gasteiger partial charge < -0.3 is 11.1 Å². The van der Waals surface area contributed by atoms with Crippen LogP contribution in [0.15, 0.2) is 22.8 Å². The topological polar surface area (TPSA) is 105 Å². The fourth-order valence-electron chi connectivity index (χ4n) is 1.65. The highest BCUT2D eigenvalue weighted by Gasteiger charge is 2.50. The number of hydrogen-bond acceptors (Lipinski definition) is 5. The monoisotopic (exact) mass is 260 g/mol. The molecule has 0 saturated carbocycles. The van der Waals surface area contributed by atoms with Crippen molar-refractivity contribution in [3.05, 3.63) is 29.2 Å². The lowest BCUT2D eigenvalue weighted by molar-refractivity contribution is -0.102. The lowest BCUT2D eigenvalue weighted by Crippen LogP contribution is -2.49. The molecule has 2 rings (SSSR count). The molecular formula is C9H11F3N6. The Morgan fingerprint density at radius 2 is 2.06 bits per heavy atom. The maximum Gasteiger partial charge on any atom is 0.418 e. The smallest absolute Gasteiger partial charge is 0.370 e. The second kappa shape index (κ2) is 3.73. The summed E-state index contributed by atoms with van der Waals surface area (Å²) in [7, 11) is 0. The molecule has 0 spiro atoms. The average Bonchev–Trinajstić information content (AvgIpc) is 2.63. The zero-order valence-electron chi connectivity index (χ0n) is 9.34. The first kappa shape index (κ1) is 12.4. The van der Waals surface area contributed by atoms with Crippen molar-refractivity contribution < 1.29 is 13.2 Å². The molecule has 1 atom stereocenters. The maximum absolute atomic E-state index is 12.9. The normalized spacial score (nSPS) is 24.3. The molecule has 98 valence electrons. The van der Waals surface area contributed by atoms with E-state index in [1.807, 2.05) is 0 Å². The van der Waals surface area contributed by atoms with Crippen molar-refractivity contribution in [3.8, 4) is 0 Å². The number of nitrogens with two attached hydrogens (primary N) is 2. The van der Waals surface area contributed by atoms with Gasteiger partial charge in [0.2, 0.25) is 0 Å². The van der Waals surface area contributed by atoms with Crippen molar-refractivity contribution in [1.29, 1.82) is 0 Å². The number of aryl methyl sites for hydroxylation is 1. The molecule has 1 unspecified atom stereocenters. The Morgan fingerprint density at radius 3 is 2.56 bits per heavy atom. The van der Waals surface area contributed by atoms with E-state index in [9.17, 15) is 13.2 Å². The van der Waals surface area contributed by atoms with E-state index in [2.05, 4.69) is 20.5 Å². The van der Waals surface area contributed by atoms with Crippen LogP contribution in [0.25, 0.3) is 0 Å². The van der Waals surface area contributed by atoms with Gasteiger partial charge in [0.25, 0.3) is 0 Å². The van der Waals surface area contributed by atoms with Crippen molar-refractivity contribution >= 4 is 5.96 Å². The summed E-state index contributed by atoms with van der Waals surface area (Å²) in [5.41, 5.74) is 8.43. The second-order valence-corrected chi connectivity index (χ2v) is 3.90. The van der Waals surface area contributed by atoms with Crippen LogP contribution >= 0.6 is 0 Å². The largest absolute Gasteiger partial charge is 0.418 e. The van der Waals surface area contributed by atoms with Crippen LogP contribution in [0.1, 0.15) is 11.4 Å². The molecule has 18 heavy (non-hydrogen) atoms. The number of alkyl halides is 3. The molecular weight excluding hydrogens is 249 g/mol. The van der Waals surface area contributed by atoms with Crippen molar-refractivity contribution in [1.82, 2.24) is 15.5 Å². The molecule has 0 fully saturated rings. The number of halogens is 3. The van der Waals surface area contributed by atoms with Gasteiger partial charge in [0.15, 0.2) is 11.6 Å². The minimum Gasteiger partial charge on any atom is -0.370 e. The molecule has 0 amide bonds. The van der Waals surface area contributed by atoms with E-state index < -0.39 is 17.4 Å². The highest BCUT2D eigenvalue weighted by molar-refractivity contribution is 5.81. The molecule has 0 aromatic carbocycles. The molecule has 2 heterocycles. The van der Waals surface area contributed by atoms with Crippen LogP contribution in [0, 0.1) is 6.92 Å². The van der Waals surface area contributed by atoms with Gasteiger partial charge in [0.1, 0.15) is 5.69 Å². The second-order valence-electron chi connectivity index (χ2n) is 3.90. The summed E-state index contributed by atoms with van der Waals surface area (Å²) in [5.74, 6) is -0.203. The third-order valence-electron chi connectivity index (χ3n) is 2.47. The first-order valence-corrected chi connectivity index (χ1v) is 4.94. The van der Waals surface area contributed by atoms with Crippen LogP contribution in [0.4, 0.5) is 13.2 Å². The summed E-state index contributed by atoms with van der Waals surface area (Å²) in [6.45, 7) is 1.64. The standard InChI is InChI=1S/C9H11F3N6/c1-4-2-6(18-17-4)8(14)5(9(10,11)12)3-15-7(13)16-8/h2-3H,14H2,1H3,(H,17,18)(H3,13,15,16). The Bertz CT molecular complexity index is 529. The van der Waals surface area contributed by atoms with Crippen LogP contribution in [0.2, 0.25) is 0 Å². The predicted octanol–water partition coefficient (Wildman–Crippen LogP) is 0.194. The minimum atomic E-state index is -4.64. The van der Waals surface area contributed by atoms with E-state index in [0.717, 1.165) is 0 Å². The van der Waals surface area contributed by atoms with Crippen LogP contribution in [-0.2, 0) is 5.66 Å². The number of aliphatic imine (C=N–C) groups is 1. The molecule has 0 saturated heterocycles. The summed E-state index contributed by atoms with van der Waals surface area (Å²) in [6, 6.07) is 1.39. The maximum atomic E-state index is 12.9. The number of guanidine groups is 1. The van der Waals surface area contributed by atoms with Crippen molar-refractivity contribution in [2.75, 3.05) is 0 Å². The van der Waals surface area contributed by atoms with Crippen molar-refractivity contribution in [2.24, 2.45) is 16.5 Å². The SMILES string of the molecule is Cc1cc(C2(N)N=C(N)NC=C2C(F)(F)F)n[nH]1. The van der Waals surface area contributed by atoms with Crippen LogP contribution in [-0.4, -0.2) is 22.3 Å². The van der Waals surface area contributed by atoms with Crippen LogP contribution in [0.3, 0.4) is 0 Å². The van der Waals surface area contributed by atoms with E-state index in [-0.39, 0.29) is 11.7 Å². The van der Waals surface area contributed by atoms with Crippen LogP contribution in [0.5, 0.6) is 0 Å². The van der Waals surface area contributed by atoms with E-state index in [4.69, 9.17) is 11.5 Å². The van der Waals surface area contributed by atoms with Gasteiger partial charge in [-0.15, -0.1) is 0 Å². The van der Waals surface area contributed by atoms with E-state index in [1.54, 1.807) is 6.92 Å². The fraction of sp³-hybridized carbons (Fsp3) is 0.333. The van der Waals surface area contributed by atoms with E-state index >= 15 is 0 Å². The van der Waals surface area contributed by atoms with Gasteiger partial charge >= 0.3 is 6.18 Å². The minimum absolute atomic E-state index is 0.0481. The zero-order chi connectivity index (χ0) is 13.6. The average molecular weight is 260 g/mol. The predicted molar refractivity (Wildman–Crippen MR) is 58.1 cm³/mol. The van der Waals surface area contributed by atoms with E-state index in [0.29, 0.717) is 11.9 Å². The Kier molecular flexibility index (Phi) is 2.58. The molecule has 1 aromatic heterocycles. The number of aromatic nitrogens is 2. The lowest BCUT2D eigenvalue weighted by Gasteiger charge is -2.31. The highest BCUT2D eigenvalue weighted by atomic mass is 19.4. The molecule has 1 aromatic rings. The van der Waals surface area contributed by atoms with Crippen LogP contribution < -0.4 is 16.8 Å². The Labute approximate surface area is 99.9 Å². The van der Waals surface area contributed by atoms with Gasteiger partial charge in [-0.2, -0.15) is 18.3 Å². The highest BCUT2D eigenvalue weighted by Crippen LogP contribution is 2.39. The Morgan fingerprint density at radius 1 is 1.39 bits per heavy atom. The molecule has 0 bridgehead atoms. The number of H-pyrrole nitrogens is 1. The molecule has 1 aliphatic heterocycles. The zero-order valence-corrected chi connectivity index (χ0v) is 9.34. The number of nitrogens with one attached hydrogen (secondary N) is 2. The quantitative estimate of drug-likeness (QED) is 0.578. The molecule has 0 radical (unpaired) electrons. The van der Waals surface area contributed by atoms with Crippen molar-refractivity contribution in [3.63, 3.8) is 0 Å². The summed E-state index contributed by atoms with van der Waals surface area (Å²) < 4.78 is 38.8.